The van der Waals surface area contributed by atoms with Crippen molar-refractivity contribution in [3.05, 3.63) is 59.7 Å². The van der Waals surface area contributed by atoms with E-state index in [9.17, 15) is 0 Å². The van der Waals surface area contributed by atoms with Crippen LogP contribution in [0.2, 0.25) is 0 Å². The highest BCUT2D eigenvalue weighted by Gasteiger charge is 2.05. The highest BCUT2D eigenvalue weighted by molar-refractivity contribution is 5.28. The smallest absolute Gasteiger partial charge is 0.233 e. The quantitative estimate of drug-likeness (QED) is 0.309. The van der Waals surface area contributed by atoms with Gasteiger partial charge in [0.25, 0.3) is 0 Å². The van der Waals surface area contributed by atoms with Crippen LogP contribution in [-0.2, 0) is 0 Å². The fourth-order valence-corrected chi connectivity index (χ4v) is 2.91. The van der Waals surface area contributed by atoms with Gasteiger partial charge in [0.2, 0.25) is 6.17 Å². The number of ether oxygens (including phenoxy) is 2. The Balaban J connectivity index is 1.44. The molecule has 6 nitrogen and oxygen atoms in total. The molecular weight excluding hydrogens is 352 g/mol. The molecule has 2 aromatic carbocycles. The second kappa shape index (κ2) is 12.4. The summed E-state index contributed by atoms with van der Waals surface area (Å²) in [5.41, 5.74) is 21.1. The summed E-state index contributed by atoms with van der Waals surface area (Å²) >= 11 is 0. The van der Waals surface area contributed by atoms with Crippen LogP contribution in [0.5, 0.6) is 11.5 Å². The molecule has 0 heterocycles. The summed E-state index contributed by atoms with van der Waals surface area (Å²) in [5.74, 6) is 1.79. The van der Waals surface area contributed by atoms with E-state index in [2.05, 4.69) is 11.5 Å². The topological polar surface area (TPSA) is 126 Å². The van der Waals surface area contributed by atoms with Crippen LogP contribution in [0.15, 0.2) is 48.5 Å². The first-order valence-electron chi connectivity index (χ1n) is 10.2. The van der Waals surface area contributed by atoms with Crippen LogP contribution in [0.4, 0.5) is 0 Å². The highest BCUT2D eigenvalue weighted by atomic mass is 16.5. The van der Waals surface area contributed by atoms with Crippen LogP contribution in [0.25, 0.3) is 0 Å². The molecule has 2 rings (SSSR count). The SMILES string of the molecule is NC(N)c1ccc(OCCCCCCCCOc2ccc(C([NH3+])[NH3+])cc2)cc1. The summed E-state index contributed by atoms with van der Waals surface area (Å²) in [7, 11) is 0. The second-order valence-corrected chi connectivity index (χ2v) is 7.18. The number of benzene rings is 2. The van der Waals surface area contributed by atoms with E-state index in [1.165, 1.54) is 25.7 Å². The van der Waals surface area contributed by atoms with Gasteiger partial charge in [0.1, 0.15) is 11.5 Å². The van der Waals surface area contributed by atoms with Gasteiger partial charge in [0.15, 0.2) is 0 Å². The average molecular weight is 389 g/mol. The number of nitrogens with two attached hydrogens (primary N) is 2. The molecule has 0 aliphatic heterocycles. The number of hydrogen-bond acceptors (Lipinski definition) is 4. The van der Waals surface area contributed by atoms with E-state index in [1.54, 1.807) is 0 Å². The summed E-state index contributed by atoms with van der Waals surface area (Å²) in [6, 6.07) is 15.7. The molecule has 28 heavy (non-hydrogen) atoms. The van der Waals surface area contributed by atoms with Crippen molar-refractivity contribution in [2.24, 2.45) is 11.5 Å². The number of hydrogen-bond donors (Lipinski definition) is 4. The summed E-state index contributed by atoms with van der Waals surface area (Å²) in [6.45, 7) is 1.51. The number of quaternary nitrogens is 2. The summed E-state index contributed by atoms with van der Waals surface area (Å²) < 4.78 is 11.5. The van der Waals surface area contributed by atoms with Crippen LogP contribution in [0.1, 0.15) is 62.0 Å². The highest BCUT2D eigenvalue weighted by Crippen LogP contribution is 2.16. The molecule has 0 saturated heterocycles. The Morgan fingerprint density at radius 3 is 1.39 bits per heavy atom. The van der Waals surface area contributed by atoms with Crippen LogP contribution in [0.3, 0.4) is 0 Å². The van der Waals surface area contributed by atoms with E-state index in [4.69, 9.17) is 20.9 Å². The second-order valence-electron chi connectivity index (χ2n) is 7.18. The van der Waals surface area contributed by atoms with Crippen molar-refractivity contribution in [1.82, 2.24) is 0 Å². The molecular formula is C22H36N4O2+2. The van der Waals surface area contributed by atoms with Crippen LogP contribution >= 0.6 is 0 Å². The molecule has 0 aromatic heterocycles. The monoisotopic (exact) mass is 388 g/mol. The molecule has 0 saturated carbocycles. The van der Waals surface area contributed by atoms with Crippen LogP contribution in [-0.4, -0.2) is 13.2 Å². The Hall–Kier alpha value is -2.12. The molecule has 0 radical (unpaired) electrons. The van der Waals surface area contributed by atoms with Crippen molar-refractivity contribution >= 4 is 0 Å². The molecule has 0 fully saturated rings. The van der Waals surface area contributed by atoms with Gasteiger partial charge in [-0.3, -0.25) is 0 Å². The zero-order valence-electron chi connectivity index (χ0n) is 16.8. The van der Waals surface area contributed by atoms with Crippen molar-refractivity contribution in [3.8, 4) is 11.5 Å². The third-order valence-corrected chi connectivity index (χ3v) is 4.69. The minimum atomic E-state index is -0.431. The normalized spacial score (nSPS) is 11.2. The standard InChI is InChI=1S/C22H34N4O2/c23-21(24)17-7-11-19(12-8-17)27-15-5-3-1-2-4-6-16-28-20-13-9-18(10-14-20)22(25)26/h7-14,21-22H,1-6,15-16,23-26H2/p+2. The van der Waals surface area contributed by atoms with E-state index < -0.39 is 6.17 Å². The predicted molar refractivity (Wildman–Crippen MR) is 111 cm³/mol. The largest absolute Gasteiger partial charge is 0.494 e. The van der Waals surface area contributed by atoms with Crippen molar-refractivity contribution in [1.29, 1.82) is 0 Å². The third-order valence-electron chi connectivity index (χ3n) is 4.69. The van der Waals surface area contributed by atoms with E-state index in [0.29, 0.717) is 0 Å². The van der Waals surface area contributed by atoms with Crippen molar-refractivity contribution in [2.45, 2.75) is 50.9 Å². The molecule has 0 aliphatic carbocycles. The lowest BCUT2D eigenvalue weighted by Gasteiger charge is -2.09. The van der Waals surface area contributed by atoms with Crippen molar-refractivity contribution < 1.29 is 20.9 Å². The molecule has 6 heteroatoms. The van der Waals surface area contributed by atoms with E-state index in [-0.39, 0.29) is 6.17 Å². The van der Waals surface area contributed by atoms with Gasteiger partial charge < -0.3 is 32.4 Å². The molecule has 154 valence electrons. The van der Waals surface area contributed by atoms with Crippen molar-refractivity contribution in [3.63, 3.8) is 0 Å². The Morgan fingerprint density at radius 1 is 0.607 bits per heavy atom. The number of unbranched alkanes of at least 4 members (excludes halogenated alkanes) is 5. The maximum atomic E-state index is 5.78. The fourth-order valence-electron chi connectivity index (χ4n) is 2.91. The maximum Gasteiger partial charge on any atom is 0.233 e. The minimum absolute atomic E-state index is 0.0649. The molecule has 0 unspecified atom stereocenters. The Labute approximate surface area is 168 Å². The van der Waals surface area contributed by atoms with Crippen LogP contribution < -0.4 is 32.4 Å². The van der Waals surface area contributed by atoms with Gasteiger partial charge >= 0.3 is 0 Å². The van der Waals surface area contributed by atoms with Gasteiger partial charge in [-0.1, -0.05) is 37.8 Å². The Kier molecular flexibility index (Phi) is 9.79. The molecule has 0 spiro atoms. The van der Waals surface area contributed by atoms with Gasteiger partial charge in [-0.25, -0.2) is 0 Å². The van der Waals surface area contributed by atoms with Gasteiger partial charge in [0, 0.05) is 0 Å². The Bertz CT molecular complexity index is 598. The minimum Gasteiger partial charge on any atom is -0.494 e. The molecule has 0 aliphatic rings. The van der Waals surface area contributed by atoms with E-state index >= 15 is 0 Å². The first-order chi connectivity index (χ1) is 13.6. The number of rotatable bonds is 13. The molecule has 10 N–H and O–H groups in total. The lowest BCUT2D eigenvalue weighted by Crippen LogP contribution is -2.76. The zero-order chi connectivity index (χ0) is 20.2. The van der Waals surface area contributed by atoms with Gasteiger partial charge in [0.05, 0.1) is 24.9 Å². The van der Waals surface area contributed by atoms with E-state index in [0.717, 1.165) is 48.7 Å². The fraction of sp³-hybridized carbons (Fsp3) is 0.455. The summed E-state index contributed by atoms with van der Waals surface area (Å²) in [6.07, 6.45) is 6.63. The molecule has 0 bridgehead atoms. The lowest BCUT2D eigenvalue weighted by molar-refractivity contribution is -0.668. The first kappa shape index (κ1) is 22.2. The first-order valence-corrected chi connectivity index (χ1v) is 10.2. The zero-order valence-corrected chi connectivity index (χ0v) is 16.8. The average Bonchev–Trinajstić information content (AvgIpc) is 2.70. The molecule has 0 atom stereocenters. The van der Waals surface area contributed by atoms with Crippen LogP contribution in [0, 0.1) is 0 Å². The van der Waals surface area contributed by atoms with Crippen molar-refractivity contribution in [2.75, 3.05) is 13.2 Å². The van der Waals surface area contributed by atoms with Gasteiger partial charge in [-0.2, -0.15) is 0 Å². The molecule has 0 amide bonds. The van der Waals surface area contributed by atoms with Gasteiger partial charge in [-0.15, -0.1) is 0 Å². The maximum absolute atomic E-state index is 5.78. The predicted octanol–water partition coefficient (Wildman–Crippen LogP) is 1.88. The molecule has 2 aromatic rings. The summed E-state index contributed by atoms with van der Waals surface area (Å²) in [4.78, 5) is 0. The van der Waals surface area contributed by atoms with E-state index in [1.807, 2.05) is 48.5 Å². The lowest BCUT2D eigenvalue weighted by atomic mass is 10.1. The van der Waals surface area contributed by atoms with Gasteiger partial charge in [-0.05, 0) is 54.8 Å². The summed E-state index contributed by atoms with van der Waals surface area (Å²) in [5, 5.41) is 0. The Morgan fingerprint density at radius 2 is 1.00 bits per heavy atom. The third kappa shape index (κ3) is 8.27.